The number of nitrogens with one attached hydrogen (secondary N) is 1. The number of benzene rings is 1. The van der Waals surface area contributed by atoms with Crippen LogP contribution in [0.2, 0.25) is 0 Å². The van der Waals surface area contributed by atoms with Gasteiger partial charge in [-0.3, -0.25) is 0 Å². The maximum absolute atomic E-state index is 10.3. The second-order valence-corrected chi connectivity index (χ2v) is 5.28. The third kappa shape index (κ3) is 4.11. The fraction of sp³-hybridized carbons (Fsp3) is 0.600. The summed E-state index contributed by atoms with van der Waals surface area (Å²) in [4.78, 5) is 0. The van der Waals surface area contributed by atoms with Crippen LogP contribution in [0, 0.1) is 5.92 Å². The van der Waals surface area contributed by atoms with Gasteiger partial charge in [0.25, 0.3) is 0 Å². The molecule has 0 spiro atoms. The summed E-state index contributed by atoms with van der Waals surface area (Å²) in [6.45, 7) is 6.66. The summed E-state index contributed by atoms with van der Waals surface area (Å²) in [5, 5.41) is 13.4. The third-order valence-electron chi connectivity index (χ3n) is 3.40. The van der Waals surface area contributed by atoms with Gasteiger partial charge in [0, 0.05) is 12.1 Å². The Balaban J connectivity index is 2.92. The van der Waals surface area contributed by atoms with E-state index in [4.69, 9.17) is 9.47 Å². The Labute approximate surface area is 115 Å². The van der Waals surface area contributed by atoms with Crippen LogP contribution in [0.15, 0.2) is 18.2 Å². The second kappa shape index (κ2) is 6.78. The van der Waals surface area contributed by atoms with E-state index in [2.05, 4.69) is 5.32 Å². The molecular formula is C15H25NO3. The summed E-state index contributed by atoms with van der Waals surface area (Å²) in [7, 11) is 3.50. The van der Waals surface area contributed by atoms with Crippen molar-refractivity contribution in [2.75, 3.05) is 20.8 Å². The molecule has 4 nitrogen and oxygen atoms in total. The molecule has 1 unspecified atom stereocenters. The molecule has 108 valence electrons. The highest BCUT2D eigenvalue weighted by molar-refractivity contribution is 5.46. The van der Waals surface area contributed by atoms with Gasteiger partial charge in [-0.15, -0.1) is 0 Å². The van der Waals surface area contributed by atoms with Crippen molar-refractivity contribution in [3.05, 3.63) is 23.8 Å². The van der Waals surface area contributed by atoms with Gasteiger partial charge in [-0.2, -0.15) is 0 Å². The zero-order chi connectivity index (χ0) is 14.5. The lowest BCUT2D eigenvalue weighted by Gasteiger charge is -2.28. The van der Waals surface area contributed by atoms with E-state index < -0.39 is 5.60 Å². The third-order valence-corrected chi connectivity index (χ3v) is 3.40. The van der Waals surface area contributed by atoms with E-state index in [1.165, 1.54) is 0 Å². The van der Waals surface area contributed by atoms with Gasteiger partial charge in [-0.05, 0) is 26.0 Å². The van der Waals surface area contributed by atoms with Gasteiger partial charge in [-0.25, -0.2) is 0 Å². The molecule has 1 aromatic rings. The standard InChI is InChI=1S/C15H25NO3/c1-11(2)15(3,17)10-19-14-12(9-16-4)7-6-8-13(14)18-5/h6-8,11,16-17H,9-10H2,1-5H3. The summed E-state index contributed by atoms with van der Waals surface area (Å²) >= 11 is 0. The van der Waals surface area contributed by atoms with E-state index in [1.807, 2.05) is 39.1 Å². The van der Waals surface area contributed by atoms with Gasteiger partial charge in [-0.1, -0.05) is 26.0 Å². The molecule has 1 atom stereocenters. The molecule has 2 N–H and O–H groups in total. The summed E-state index contributed by atoms with van der Waals surface area (Å²) in [5.41, 5.74) is 0.152. The van der Waals surface area contributed by atoms with Crippen molar-refractivity contribution in [2.24, 2.45) is 5.92 Å². The molecule has 1 aromatic carbocycles. The molecular weight excluding hydrogens is 242 g/mol. The van der Waals surface area contributed by atoms with Crippen molar-refractivity contribution in [3.63, 3.8) is 0 Å². The van der Waals surface area contributed by atoms with E-state index in [-0.39, 0.29) is 12.5 Å². The first-order chi connectivity index (χ1) is 8.92. The number of rotatable bonds is 7. The van der Waals surface area contributed by atoms with Gasteiger partial charge >= 0.3 is 0 Å². The fourth-order valence-electron chi connectivity index (χ4n) is 1.60. The first kappa shape index (κ1) is 15.8. The topological polar surface area (TPSA) is 50.7 Å². The maximum Gasteiger partial charge on any atom is 0.165 e. The van der Waals surface area contributed by atoms with E-state index in [9.17, 15) is 5.11 Å². The fourth-order valence-corrected chi connectivity index (χ4v) is 1.60. The molecule has 0 saturated heterocycles. The van der Waals surface area contributed by atoms with Crippen LogP contribution in [-0.2, 0) is 6.54 Å². The quantitative estimate of drug-likeness (QED) is 0.795. The zero-order valence-electron chi connectivity index (χ0n) is 12.5. The molecule has 0 amide bonds. The minimum Gasteiger partial charge on any atom is -0.493 e. The molecule has 1 rings (SSSR count). The van der Waals surface area contributed by atoms with Crippen LogP contribution in [0.25, 0.3) is 0 Å². The molecule has 0 bridgehead atoms. The van der Waals surface area contributed by atoms with Crippen LogP contribution in [0.1, 0.15) is 26.3 Å². The normalized spacial score (nSPS) is 14.3. The van der Waals surface area contributed by atoms with Crippen molar-refractivity contribution in [1.82, 2.24) is 5.32 Å². The molecule has 0 saturated carbocycles. The minimum atomic E-state index is -0.863. The lowest BCUT2D eigenvalue weighted by Crippen LogP contribution is -2.38. The molecule has 0 radical (unpaired) electrons. The summed E-state index contributed by atoms with van der Waals surface area (Å²) in [6.07, 6.45) is 0. The minimum absolute atomic E-state index is 0.120. The van der Waals surface area contributed by atoms with E-state index in [1.54, 1.807) is 14.0 Å². The van der Waals surface area contributed by atoms with Crippen LogP contribution < -0.4 is 14.8 Å². The molecule has 0 aliphatic carbocycles. The Hall–Kier alpha value is -1.26. The summed E-state index contributed by atoms with van der Waals surface area (Å²) < 4.78 is 11.1. The van der Waals surface area contributed by atoms with Crippen LogP contribution in [-0.4, -0.2) is 31.5 Å². The van der Waals surface area contributed by atoms with Gasteiger partial charge in [0.15, 0.2) is 11.5 Å². The number of methoxy groups -OCH3 is 1. The SMILES string of the molecule is CNCc1cccc(OC)c1OCC(C)(O)C(C)C. The highest BCUT2D eigenvalue weighted by Crippen LogP contribution is 2.32. The van der Waals surface area contributed by atoms with Gasteiger partial charge in [0.1, 0.15) is 6.61 Å². The number of hydrogen-bond donors (Lipinski definition) is 2. The molecule has 0 aliphatic heterocycles. The molecule has 0 fully saturated rings. The second-order valence-electron chi connectivity index (χ2n) is 5.28. The number of para-hydroxylation sites is 1. The van der Waals surface area contributed by atoms with Crippen LogP contribution in [0.5, 0.6) is 11.5 Å². The van der Waals surface area contributed by atoms with Crippen LogP contribution in [0.3, 0.4) is 0 Å². The highest BCUT2D eigenvalue weighted by atomic mass is 16.5. The smallest absolute Gasteiger partial charge is 0.165 e. The molecule has 0 aromatic heterocycles. The van der Waals surface area contributed by atoms with Crippen molar-refractivity contribution in [3.8, 4) is 11.5 Å². The lowest BCUT2D eigenvalue weighted by molar-refractivity contribution is -0.0274. The first-order valence-electron chi connectivity index (χ1n) is 6.58. The molecule has 4 heteroatoms. The zero-order valence-corrected chi connectivity index (χ0v) is 12.5. The van der Waals surface area contributed by atoms with E-state index in [0.29, 0.717) is 18.0 Å². The van der Waals surface area contributed by atoms with Gasteiger partial charge < -0.3 is 19.9 Å². The Bertz CT molecular complexity index is 402. The summed E-state index contributed by atoms with van der Waals surface area (Å²) in [5.74, 6) is 1.50. The van der Waals surface area contributed by atoms with Crippen molar-refractivity contribution in [1.29, 1.82) is 0 Å². The molecule has 19 heavy (non-hydrogen) atoms. The molecule has 0 aliphatic rings. The number of aliphatic hydroxyl groups is 1. The van der Waals surface area contributed by atoms with Crippen molar-refractivity contribution < 1.29 is 14.6 Å². The van der Waals surface area contributed by atoms with E-state index in [0.717, 1.165) is 5.56 Å². The average Bonchev–Trinajstić information content (AvgIpc) is 2.37. The Morgan fingerprint density at radius 3 is 2.58 bits per heavy atom. The maximum atomic E-state index is 10.3. The lowest BCUT2D eigenvalue weighted by atomic mass is 9.94. The Morgan fingerprint density at radius 2 is 2.05 bits per heavy atom. The van der Waals surface area contributed by atoms with Gasteiger partial charge in [0.2, 0.25) is 0 Å². The van der Waals surface area contributed by atoms with E-state index >= 15 is 0 Å². The van der Waals surface area contributed by atoms with Gasteiger partial charge in [0.05, 0.1) is 12.7 Å². The predicted molar refractivity (Wildman–Crippen MR) is 76.7 cm³/mol. The van der Waals surface area contributed by atoms with Crippen molar-refractivity contribution >= 4 is 0 Å². The molecule has 0 heterocycles. The first-order valence-corrected chi connectivity index (χ1v) is 6.58. The highest BCUT2D eigenvalue weighted by Gasteiger charge is 2.26. The number of ether oxygens (including phenoxy) is 2. The van der Waals surface area contributed by atoms with Crippen molar-refractivity contribution in [2.45, 2.75) is 32.9 Å². The number of hydrogen-bond acceptors (Lipinski definition) is 4. The monoisotopic (exact) mass is 267 g/mol. The predicted octanol–water partition coefficient (Wildman–Crippen LogP) is 2.20. The van der Waals surface area contributed by atoms with Crippen LogP contribution in [0.4, 0.5) is 0 Å². The summed E-state index contributed by atoms with van der Waals surface area (Å²) in [6, 6.07) is 5.77. The Kier molecular flexibility index (Phi) is 5.63. The van der Waals surface area contributed by atoms with Crippen LogP contribution >= 0.6 is 0 Å². The Morgan fingerprint density at radius 1 is 1.37 bits per heavy atom. The largest absolute Gasteiger partial charge is 0.493 e. The average molecular weight is 267 g/mol.